The van der Waals surface area contributed by atoms with Gasteiger partial charge in [0.05, 0.1) is 5.69 Å². The van der Waals surface area contributed by atoms with Gasteiger partial charge in [0.2, 0.25) is 0 Å². The number of pyridine rings is 1. The van der Waals surface area contributed by atoms with E-state index in [-0.39, 0.29) is 5.41 Å². The second-order valence-corrected chi connectivity index (χ2v) is 5.63. The van der Waals surface area contributed by atoms with Crippen molar-refractivity contribution in [3.05, 3.63) is 36.5 Å². The molecule has 0 saturated heterocycles. The van der Waals surface area contributed by atoms with Gasteiger partial charge in [-0.3, -0.25) is 4.57 Å². The molecule has 1 N–H and O–H groups in total. The molecular formula is C14H20N4. The fourth-order valence-corrected chi connectivity index (χ4v) is 1.69. The molecule has 0 atom stereocenters. The van der Waals surface area contributed by atoms with Crippen LogP contribution in [-0.2, 0) is 0 Å². The van der Waals surface area contributed by atoms with Crippen LogP contribution in [0.4, 0.5) is 5.69 Å². The van der Waals surface area contributed by atoms with Gasteiger partial charge in [0.25, 0.3) is 0 Å². The first-order valence-electron chi connectivity index (χ1n) is 6.16. The highest BCUT2D eigenvalue weighted by atomic mass is 15.1. The topological polar surface area (TPSA) is 42.7 Å². The Labute approximate surface area is 108 Å². The molecular weight excluding hydrogens is 224 g/mol. The number of hydrogen-bond donors (Lipinski definition) is 1. The predicted molar refractivity (Wildman–Crippen MR) is 74.0 cm³/mol. The summed E-state index contributed by atoms with van der Waals surface area (Å²) in [6, 6.07) is 3.99. The number of nitrogens with zero attached hydrogens (tertiary/aromatic N) is 3. The molecule has 0 bridgehead atoms. The van der Waals surface area contributed by atoms with Gasteiger partial charge in [0.1, 0.15) is 5.82 Å². The second kappa shape index (κ2) is 4.80. The molecule has 4 nitrogen and oxygen atoms in total. The van der Waals surface area contributed by atoms with Crippen LogP contribution in [0.5, 0.6) is 0 Å². The number of imidazole rings is 1. The van der Waals surface area contributed by atoms with Crippen LogP contribution in [0.2, 0.25) is 0 Å². The Kier molecular flexibility index (Phi) is 3.36. The number of anilines is 1. The normalized spacial score (nSPS) is 11.6. The van der Waals surface area contributed by atoms with Gasteiger partial charge in [0, 0.05) is 25.1 Å². The average molecular weight is 244 g/mol. The first-order valence-corrected chi connectivity index (χ1v) is 6.16. The van der Waals surface area contributed by atoms with Crippen molar-refractivity contribution in [2.24, 2.45) is 5.41 Å². The summed E-state index contributed by atoms with van der Waals surface area (Å²) < 4.78 is 1.99. The SMILES string of the molecule is Cc1nccn1-c1ncccc1NCC(C)(C)C. The van der Waals surface area contributed by atoms with E-state index in [0.717, 1.165) is 23.9 Å². The quantitative estimate of drug-likeness (QED) is 0.902. The van der Waals surface area contributed by atoms with Crippen molar-refractivity contribution in [1.82, 2.24) is 14.5 Å². The molecule has 2 aromatic rings. The van der Waals surface area contributed by atoms with E-state index in [0.29, 0.717) is 0 Å². The zero-order chi connectivity index (χ0) is 13.2. The van der Waals surface area contributed by atoms with E-state index in [4.69, 9.17) is 0 Å². The van der Waals surface area contributed by atoms with Crippen LogP contribution in [0.25, 0.3) is 5.82 Å². The second-order valence-electron chi connectivity index (χ2n) is 5.63. The van der Waals surface area contributed by atoms with Gasteiger partial charge >= 0.3 is 0 Å². The van der Waals surface area contributed by atoms with Crippen LogP contribution >= 0.6 is 0 Å². The molecule has 0 saturated carbocycles. The van der Waals surface area contributed by atoms with Gasteiger partial charge in [-0.15, -0.1) is 0 Å². The number of hydrogen-bond acceptors (Lipinski definition) is 3. The highest BCUT2D eigenvalue weighted by Gasteiger charge is 2.12. The van der Waals surface area contributed by atoms with E-state index in [2.05, 4.69) is 36.1 Å². The fourth-order valence-electron chi connectivity index (χ4n) is 1.69. The largest absolute Gasteiger partial charge is 0.382 e. The van der Waals surface area contributed by atoms with Crippen molar-refractivity contribution >= 4 is 5.69 Å². The Morgan fingerprint density at radius 3 is 2.61 bits per heavy atom. The minimum Gasteiger partial charge on any atom is -0.382 e. The smallest absolute Gasteiger partial charge is 0.161 e. The molecule has 0 spiro atoms. The van der Waals surface area contributed by atoms with Crippen LogP contribution in [0.15, 0.2) is 30.7 Å². The summed E-state index contributed by atoms with van der Waals surface area (Å²) in [7, 11) is 0. The number of aromatic nitrogens is 3. The monoisotopic (exact) mass is 244 g/mol. The van der Waals surface area contributed by atoms with Crippen molar-refractivity contribution in [1.29, 1.82) is 0 Å². The van der Waals surface area contributed by atoms with Gasteiger partial charge < -0.3 is 5.32 Å². The summed E-state index contributed by atoms with van der Waals surface area (Å²) in [6.07, 6.45) is 5.52. The van der Waals surface area contributed by atoms with Crippen molar-refractivity contribution in [3.8, 4) is 5.82 Å². The Morgan fingerprint density at radius 1 is 1.22 bits per heavy atom. The van der Waals surface area contributed by atoms with Crippen LogP contribution in [-0.4, -0.2) is 21.1 Å². The fraction of sp³-hybridized carbons (Fsp3) is 0.429. The summed E-state index contributed by atoms with van der Waals surface area (Å²) in [5, 5.41) is 3.46. The molecule has 18 heavy (non-hydrogen) atoms. The third kappa shape index (κ3) is 2.88. The number of nitrogens with one attached hydrogen (secondary N) is 1. The molecule has 0 fully saturated rings. The summed E-state index contributed by atoms with van der Waals surface area (Å²) in [5.41, 5.74) is 1.27. The Hall–Kier alpha value is -1.84. The first-order chi connectivity index (χ1) is 8.47. The molecule has 4 heteroatoms. The molecule has 0 unspecified atom stereocenters. The van der Waals surface area contributed by atoms with Crippen molar-refractivity contribution in [3.63, 3.8) is 0 Å². The lowest BCUT2D eigenvalue weighted by molar-refractivity contribution is 0.443. The average Bonchev–Trinajstić information content (AvgIpc) is 2.72. The van der Waals surface area contributed by atoms with E-state index in [9.17, 15) is 0 Å². The molecule has 96 valence electrons. The van der Waals surface area contributed by atoms with Gasteiger partial charge in [0.15, 0.2) is 5.82 Å². The van der Waals surface area contributed by atoms with E-state index in [1.807, 2.05) is 29.8 Å². The number of rotatable bonds is 3. The maximum atomic E-state index is 4.44. The standard InChI is InChI=1S/C14H20N4/c1-11-15-8-9-18(11)13-12(6-5-7-16-13)17-10-14(2,3)4/h5-9,17H,10H2,1-4H3. The summed E-state index contributed by atoms with van der Waals surface area (Å²) in [6.45, 7) is 9.50. The van der Waals surface area contributed by atoms with Gasteiger partial charge in [-0.2, -0.15) is 0 Å². The highest BCUT2D eigenvalue weighted by molar-refractivity contribution is 5.57. The third-order valence-corrected chi connectivity index (χ3v) is 2.65. The highest BCUT2D eigenvalue weighted by Crippen LogP contribution is 2.21. The molecule has 0 aliphatic carbocycles. The van der Waals surface area contributed by atoms with Crippen LogP contribution in [0.3, 0.4) is 0 Å². The van der Waals surface area contributed by atoms with Crippen molar-refractivity contribution in [2.45, 2.75) is 27.7 Å². The zero-order valence-corrected chi connectivity index (χ0v) is 11.4. The Bertz CT molecular complexity index is 523. The number of aryl methyl sites for hydroxylation is 1. The molecule has 0 aromatic carbocycles. The van der Waals surface area contributed by atoms with Crippen LogP contribution in [0, 0.1) is 12.3 Å². The van der Waals surface area contributed by atoms with E-state index in [1.165, 1.54) is 0 Å². The van der Waals surface area contributed by atoms with Gasteiger partial charge in [-0.25, -0.2) is 9.97 Å². The minimum absolute atomic E-state index is 0.233. The van der Waals surface area contributed by atoms with E-state index < -0.39 is 0 Å². The molecule has 0 amide bonds. The van der Waals surface area contributed by atoms with Crippen molar-refractivity contribution in [2.75, 3.05) is 11.9 Å². The molecule has 2 rings (SSSR count). The lowest BCUT2D eigenvalue weighted by Crippen LogP contribution is -2.20. The van der Waals surface area contributed by atoms with E-state index in [1.54, 1.807) is 12.4 Å². The summed E-state index contributed by atoms with van der Waals surface area (Å²) in [4.78, 5) is 8.68. The Morgan fingerprint density at radius 2 is 2.00 bits per heavy atom. The van der Waals surface area contributed by atoms with Gasteiger partial charge in [-0.1, -0.05) is 20.8 Å². The zero-order valence-electron chi connectivity index (χ0n) is 11.4. The summed E-state index contributed by atoms with van der Waals surface area (Å²) >= 11 is 0. The molecule has 2 aromatic heterocycles. The van der Waals surface area contributed by atoms with E-state index >= 15 is 0 Å². The molecule has 0 radical (unpaired) electrons. The molecule has 0 aliphatic heterocycles. The first kappa shape index (κ1) is 12.6. The predicted octanol–water partition coefficient (Wildman–Crippen LogP) is 3.03. The van der Waals surface area contributed by atoms with Crippen molar-refractivity contribution < 1.29 is 0 Å². The molecule has 0 aliphatic rings. The summed E-state index contributed by atoms with van der Waals surface area (Å²) in [5.74, 6) is 1.84. The Balaban J connectivity index is 2.29. The minimum atomic E-state index is 0.233. The lowest BCUT2D eigenvalue weighted by Gasteiger charge is -2.21. The lowest BCUT2D eigenvalue weighted by atomic mass is 9.97. The maximum absolute atomic E-state index is 4.44. The maximum Gasteiger partial charge on any atom is 0.161 e. The van der Waals surface area contributed by atoms with Gasteiger partial charge in [-0.05, 0) is 24.5 Å². The van der Waals surface area contributed by atoms with Crippen LogP contribution < -0.4 is 5.32 Å². The third-order valence-electron chi connectivity index (χ3n) is 2.65. The van der Waals surface area contributed by atoms with Crippen LogP contribution in [0.1, 0.15) is 26.6 Å². The molecule has 2 heterocycles.